The third-order valence-corrected chi connectivity index (χ3v) is 4.16. The Morgan fingerprint density at radius 3 is 2.58 bits per heavy atom. The minimum Gasteiger partial charge on any atom is -0.357 e. The first-order chi connectivity index (χ1) is 11.3. The molecule has 1 saturated heterocycles. The van der Waals surface area contributed by atoms with Gasteiger partial charge < -0.3 is 10.2 Å². The lowest BCUT2D eigenvalue weighted by Gasteiger charge is -2.40. The van der Waals surface area contributed by atoms with Gasteiger partial charge in [-0.2, -0.15) is 13.2 Å². The zero-order chi connectivity index (χ0) is 17.9. The van der Waals surface area contributed by atoms with E-state index in [1.165, 1.54) is 24.1 Å². The summed E-state index contributed by atoms with van der Waals surface area (Å²) >= 11 is 0. The van der Waals surface area contributed by atoms with E-state index in [9.17, 15) is 22.8 Å². The number of likely N-dealkylation sites (N-methyl/N-ethyl adjacent to an activating group) is 2. The van der Waals surface area contributed by atoms with Crippen molar-refractivity contribution in [3.63, 3.8) is 0 Å². The summed E-state index contributed by atoms with van der Waals surface area (Å²) in [4.78, 5) is 28.1. The normalized spacial score (nSPS) is 19.2. The van der Waals surface area contributed by atoms with Gasteiger partial charge in [-0.05, 0) is 24.7 Å². The highest BCUT2D eigenvalue weighted by Gasteiger charge is 2.36. The Labute approximate surface area is 138 Å². The molecule has 0 radical (unpaired) electrons. The Bertz CT molecular complexity index is 619. The van der Waals surface area contributed by atoms with E-state index in [0.717, 1.165) is 18.7 Å². The summed E-state index contributed by atoms with van der Waals surface area (Å²) in [5, 5.41) is 2.51. The summed E-state index contributed by atoms with van der Waals surface area (Å²) in [6.45, 7) is 3.92. The predicted octanol–water partition coefficient (Wildman–Crippen LogP) is 1.60. The molecule has 1 aliphatic rings. The van der Waals surface area contributed by atoms with Gasteiger partial charge in [0.05, 0.1) is 5.56 Å². The topological polar surface area (TPSA) is 52.7 Å². The second-order valence-electron chi connectivity index (χ2n) is 5.60. The fourth-order valence-electron chi connectivity index (χ4n) is 2.76. The summed E-state index contributed by atoms with van der Waals surface area (Å²) < 4.78 is 38.5. The Kier molecular flexibility index (Phi) is 5.48. The molecule has 1 aromatic carbocycles. The molecular formula is C16H20F3N3O2. The monoisotopic (exact) mass is 343 g/mol. The van der Waals surface area contributed by atoms with Crippen molar-refractivity contribution < 1.29 is 22.8 Å². The molecule has 0 bridgehead atoms. The van der Waals surface area contributed by atoms with Crippen LogP contribution in [0, 0.1) is 0 Å². The maximum atomic E-state index is 12.8. The Morgan fingerprint density at radius 1 is 1.29 bits per heavy atom. The van der Waals surface area contributed by atoms with Crippen molar-refractivity contribution in [3.05, 3.63) is 35.4 Å². The first kappa shape index (κ1) is 18.3. The van der Waals surface area contributed by atoms with Gasteiger partial charge in [-0.1, -0.05) is 13.0 Å². The third kappa shape index (κ3) is 3.87. The quantitative estimate of drug-likeness (QED) is 0.907. The highest BCUT2D eigenvalue weighted by molar-refractivity contribution is 5.98. The van der Waals surface area contributed by atoms with Gasteiger partial charge in [0.2, 0.25) is 5.91 Å². The second-order valence-corrected chi connectivity index (χ2v) is 5.60. The molecule has 24 heavy (non-hydrogen) atoms. The average molecular weight is 343 g/mol. The van der Waals surface area contributed by atoms with E-state index in [2.05, 4.69) is 5.32 Å². The van der Waals surface area contributed by atoms with Crippen molar-refractivity contribution in [3.8, 4) is 0 Å². The molecule has 2 rings (SSSR count). The number of hydrogen-bond donors (Lipinski definition) is 1. The lowest BCUT2D eigenvalue weighted by Crippen LogP contribution is -2.60. The van der Waals surface area contributed by atoms with E-state index in [1.807, 2.05) is 11.8 Å². The zero-order valence-electron chi connectivity index (χ0n) is 13.6. The highest BCUT2D eigenvalue weighted by atomic mass is 19.4. The minimum atomic E-state index is -4.52. The standard InChI is InChI=1S/C16H20F3N3O2/c1-3-21-7-8-22(13(10-21)14(23)20-2)15(24)11-5-4-6-12(9-11)16(17,18)19/h4-6,9,13H,3,7-8,10H2,1-2H3,(H,20,23). The lowest BCUT2D eigenvalue weighted by atomic mass is 10.1. The van der Waals surface area contributed by atoms with Crippen LogP contribution in [0.15, 0.2) is 24.3 Å². The van der Waals surface area contributed by atoms with Crippen molar-refractivity contribution in [1.82, 2.24) is 15.1 Å². The fourth-order valence-corrected chi connectivity index (χ4v) is 2.76. The third-order valence-electron chi connectivity index (χ3n) is 4.16. The molecule has 1 unspecified atom stereocenters. The van der Waals surface area contributed by atoms with E-state index in [4.69, 9.17) is 0 Å². The van der Waals surface area contributed by atoms with E-state index < -0.39 is 23.7 Å². The molecule has 0 spiro atoms. The van der Waals surface area contributed by atoms with E-state index in [-0.39, 0.29) is 11.5 Å². The van der Waals surface area contributed by atoms with Crippen molar-refractivity contribution in [1.29, 1.82) is 0 Å². The maximum absolute atomic E-state index is 12.8. The van der Waals surface area contributed by atoms with Crippen LogP contribution in [0.1, 0.15) is 22.8 Å². The van der Waals surface area contributed by atoms with E-state index >= 15 is 0 Å². The number of nitrogens with one attached hydrogen (secondary N) is 1. The van der Waals surface area contributed by atoms with E-state index in [0.29, 0.717) is 19.6 Å². The summed E-state index contributed by atoms with van der Waals surface area (Å²) in [5.74, 6) is -0.890. The van der Waals surface area contributed by atoms with Gasteiger partial charge in [0, 0.05) is 32.2 Å². The van der Waals surface area contributed by atoms with Gasteiger partial charge in [0.15, 0.2) is 0 Å². The average Bonchev–Trinajstić information content (AvgIpc) is 2.59. The zero-order valence-corrected chi connectivity index (χ0v) is 13.6. The number of benzene rings is 1. The number of alkyl halides is 3. The van der Waals surface area contributed by atoms with Crippen LogP contribution in [0.5, 0.6) is 0 Å². The second kappa shape index (κ2) is 7.21. The summed E-state index contributed by atoms with van der Waals surface area (Å²) in [6, 6.07) is 3.57. The number of amides is 2. The van der Waals surface area contributed by atoms with Gasteiger partial charge in [-0.3, -0.25) is 14.5 Å². The lowest BCUT2D eigenvalue weighted by molar-refractivity contribution is -0.137. The first-order valence-electron chi connectivity index (χ1n) is 7.70. The van der Waals surface area contributed by atoms with Crippen LogP contribution in [0.4, 0.5) is 13.2 Å². The van der Waals surface area contributed by atoms with Gasteiger partial charge in [0.1, 0.15) is 6.04 Å². The number of halogens is 3. The van der Waals surface area contributed by atoms with E-state index in [1.54, 1.807) is 0 Å². The molecule has 0 saturated carbocycles. The molecule has 2 amide bonds. The van der Waals surface area contributed by atoms with Crippen molar-refractivity contribution in [2.24, 2.45) is 0 Å². The molecule has 1 N–H and O–H groups in total. The number of hydrogen-bond acceptors (Lipinski definition) is 3. The number of piperazine rings is 1. The van der Waals surface area contributed by atoms with Crippen LogP contribution in [0.3, 0.4) is 0 Å². The Morgan fingerprint density at radius 2 is 2.00 bits per heavy atom. The predicted molar refractivity (Wildman–Crippen MR) is 82.4 cm³/mol. The molecule has 8 heteroatoms. The molecular weight excluding hydrogens is 323 g/mol. The molecule has 1 fully saturated rings. The summed E-state index contributed by atoms with van der Waals surface area (Å²) in [6.07, 6.45) is -4.52. The molecule has 132 valence electrons. The number of rotatable bonds is 3. The first-order valence-corrected chi connectivity index (χ1v) is 7.70. The maximum Gasteiger partial charge on any atom is 0.416 e. The Hall–Kier alpha value is -2.09. The molecule has 0 aliphatic carbocycles. The SMILES string of the molecule is CCN1CCN(C(=O)c2cccc(C(F)(F)F)c2)C(C(=O)NC)C1. The number of carbonyl (C=O) groups excluding carboxylic acids is 2. The van der Waals surface area contributed by atoms with Gasteiger partial charge >= 0.3 is 6.18 Å². The van der Waals surface area contributed by atoms with Crippen LogP contribution in [0.25, 0.3) is 0 Å². The van der Waals surface area contributed by atoms with Gasteiger partial charge in [-0.25, -0.2) is 0 Å². The highest BCUT2D eigenvalue weighted by Crippen LogP contribution is 2.30. The fraction of sp³-hybridized carbons (Fsp3) is 0.500. The van der Waals surface area contributed by atoms with Crippen molar-refractivity contribution in [2.45, 2.75) is 19.1 Å². The largest absolute Gasteiger partial charge is 0.416 e. The van der Waals surface area contributed by atoms with Crippen LogP contribution in [-0.4, -0.2) is 60.9 Å². The van der Waals surface area contributed by atoms with Gasteiger partial charge in [-0.15, -0.1) is 0 Å². The number of nitrogens with zero attached hydrogens (tertiary/aromatic N) is 2. The minimum absolute atomic E-state index is 0.0660. The Balaban J connectivity index is 2.28. The molecule has 0 aromatic heterocycles. The summed E-state index contributed by atoms with van der Waals surface area (Å²) in [7, 11) is 1.47. The van der Waals surface area contributed by atoms with Crippen molar-refractivity contribution >= 4 is 11.8 Å². The molecule has 5 nitrogen and oxygen atoms in total. The molecule has 1 heterocycles. The van der Waals surface area contributed by atoms with Crippen LogP contribution in [-0.2, 0) is 11.0 Å². The molecule has 1 atom stereocenters. The van der Waals surface area contributed by atoms with Gasteiger partial charge in [0.25, 0.3) is 5.91 Å². The van der Waals surface area contributed by atoms with Crippen LogP contribution < -0.4 is 5.32 Å². The van der Waals surface area contributed by atoms with Crippen LogP contribution >= 0.6 is 0 Å². The molecule has 1 aromatic rings. The van der Waals surface area contributed by atoms with Crippen LogP contribution in [0.2, 0.25) is 0 Å². The van der Waals surface area contributed by atoms with Crippen molar-refractivity contribution in [2.75, 3.05) is 33.2 Å². The summed E-state index contributed by atoms with van der Waals surface area (Å²) in [5.41, 5.74) is -0.944. The number of carbonyl (C=O) groups is 2. The smallest absolute Gasteiger partial charge is 0.357 e. The molecule has 1 aliphatic heterocycles.